The van der Waals surface area contributed by atoms with Crippen molar-refractivity contribution in [3.63, 3.8) is 0 Å². The third-order valence-corrected chi connectivity index (χ3v) is 3.23. The predicted octanol–water partition coefficient (Wildman–Crippen LogP) is 2.96. The zero-order valence-corrected chi connectivity index (χ0v) is 11.8. The van der Waals surface area contributed by atoms with Crippen LogP contribution < -0.4 is 10.2 Å². The lowest BCUT2D eigenvalue weighted by atomic mass is 10.3. The number of aromatic nitrogens is 1. The smallest absolute Gasteiger partial charge is 0.129 e. The van der Waals surface area contributed by atoms with E-state index in [1.54, 1.807) is 0 Å². The molecule has 18 heavy (non-hydrogen) atoms. The summed E-state index contributed by atoms with van der Waals surface area (Å²) < 4.78 is 0. The molecule has 3 heteroatoms. The molecule has 100 valence electrons. The van der Waals surface area contributed by atoms with Gasteiger partial charge in [0.2, 0.25) is 0 Å². The van der Waals surface area contributed by atoms with Crippen LogP contribution in [0.2, 0.25) is 0 Å². The first-order chi connectivity index (χ1) is 8.70. The Morgan fingerprint density at radius 1 is 1.39 bits per heavy atom. The molecule has 0 bridgehead atoms. The van der Waals surface area contributed by atoms with Crippen molar-refractivity contribution in [1.82, 2.24) is 10.3 Å². The van der Waals surface area contributed by atoms with Gasteiger partial charge >= 0.3 is 0 Å². The van der Waals surface area contributed by atoms with Crippen molar-refractivity contribution in [2.45, 2.75) is 58.7 Å². The van der Waals surface area contributed by atoms with E-state index in [0.717, 1.165) is 30.6 Å². The van der Waals surface area contributed by atoms with Crippen molar-refractivity contribution in [2.75, 3.05) is 11.4 Å². The van der Waals surface area contributed by atoms with Gasteiger partial charge in [-0.3, -0.25) is 0 Å². The predicted molar refractivity (Wildman–Crippen MR) is 76.9 cm³/mol. The van der Waals surface area contributed by atoms with Crippen LogP contribution in [0.5, 0.6) is 0 Å². The molecule has 1 aliphatic rings. The number of anilines is 1. The lowest BCUT2D eigenvalue weighted by molar-refractivity contribution is 0.580. The van der Waals surface area contributed by atoms with Crippen molar-refractivity contribution in [1.29, 1.82) is 0 Å². The van der Waals surface area contributed by atoms with Crippen molar-refractivity contribution < 1.29 is 0 Å². The molecular formula is C15H25N3. The third kappa shape index (κ3) is 3.70. The summed E-state index contributed by atoms with van der Waals surface area (Å²) in [6.07, 6.45) is 3.85. The van der Waals surface area contributed by atoms with Gasteiger partial charge in [-0.05, 0) is 31.4 Å². The fraction of sp³-hybridized carbons (Fsp3) is 0.667. The molecule has 3 nitrogen and oxygen atoms in total. The normalized spacial score (nSPS) is 15.1. The molecule has 1 aromatic heterocycles. The molecule has 0 amide bonds. The summed E-state index contributed by atoms with van der Waals surface area (Å²) in [4.78, 5) is 7.26. The second-order valence-electron chi connectivity index (χ2n) is 5.45. The Morgan fingerprint density at radius 2 is 2.17 bits per heavy atom. The van der Waals surface area contributed by atoms with Gasteiger partial charge in [0.25, 0.3) is 0 Å². The van der Waals surface area contributed by atoms with E-state index in [4.69, 9.17) is 4.98 Å². The van der Waals surface area contributed by atoms with E-state index >= 15 is 0 Å². The summed E-state index contributed by atoms with van der Waals surface area (Å²) in [6, 6.07) is 7.63. The molecule has 1 aliphatic carbocycles. The summed E-state index contributed by atoms with van der Waals surface area (Å²) >= 11 is 0. The monoisotopic (exact) mass is 247 g/mol. The van der Waals surface area contributed by atoms with E-state index in [1.165, 1.54) is 19.3 Å². The summed E-state index contributed by atoms with van der Waals surface area (Å²) in [5, 5.41) is 3.42. The summed E-state index contributed by atoms with van der Waals surface area (Å²) in [6.45, 7) is 8.54. The zero-order chi connectivity index (χ0) is 13.0. The van der Waals surface area contributed by atoms with Gasteiger partial charge in [-0.25, -0.2) is 4.98 Å². The van der Waals surface area contributed by atoms with E-state index in [-0.39, 0.29) is 0 Å². The number of pyridine rings is 1. The topological polar surface area (TPSA) is 28.2 Å². The summed E-state index contributed by atoms with van der Waals surface area (Å²) in [7, 11) is 0. The quantitative estimate of drug-likeness (QED) is 0.803. The van der Waals surface area contributed by atoms with Gasteiger partial charge in [-0.15, -0.1) is 0 Å². The van der Waals surface area contributed by atoms with E-state index in [9.17, 15) is 0 Å². The van der Waals surface area contributed by atoms with Crippen LogP contribution in [0.3, 0.4) is 0 Å². The van der Waals surface area contributed by atoms with Gasteiger partial charge in [-0.2, -0.15) is 0 Å². The van der Waals surface area contributed by atoms with Crippen LogP contribution in [0, 0.1) is 0 Å². The Hall–Kier alpha value is -1.09. The number of rotatable bonds is 7. The van der Waals surface area contributed by atoms with E-state index in [0.29, 0.717) is 6.04 Å². The first kappa shape index (κ1) is 13.3. The van der Waals surface area contributed by atoms with Crippen LogP contribution in [0.15, 0.2) is 18.2 Å². The Kier molecular flexibility index (Phi) is 4.59. The Balaban J connectivity index is 2.04. The van der Waals surface area contributed by atoms with Crippen molar-refractivity contribution in [2.24, 2.45) is 0 Å². The van der Waals surface area contributed by atoms with Crippen LogP contribution in [-0.2, 0) is 6.54 Å². The SMILES string of the molecule is CCCN(c1cccc(CNC(C)C)n1)C1CC1. The van der Waals surface area contributed by atoms with Gasteiger partial charge in [0.15, 0.2) is 0 Å². The molecule has 0 saturated heterocycles. The molecule has 0 radical (unpaired) electrons. The molecule has 0 aromatic carbocycles. The summed E-state index contributed by atoms with van der Waals surface area (Å²) in [5.74, 6) is 1.16. The maximum Gasteiger partial charge on any atom is 0.129 e. The van der Waals surface area contributed by atoms with Crippen LogP contribution in [0.25, 0.3) is 0 Å². The molecule has 1 saturated carbocycles. The van der Waals surface area contributed by atoms with Crippen molar-refractivity contribution in [3.05, 3.63) is 23.9 Å². The molecular weight excluding hydrogens is 222 g/mol. The second-order valence-corrected chi connectivity index (χ2v) is 5.45. The van der Waals surface area contributed by atoms with E-state index in [1.807, 2.05) is 0 Å². The number of nitrogens with zero attached hydrogens (tertiary/aromatic N) is 2. The molecule has 0 atom stereocenters. The fourth-order valence-corrected chi connectivity index (χ4v) is 2.15. The van der Waals surface area contributed by atoms with Crippen molar-refractivity contribution >= 4 is 5.82 Å². The fourth-order valence-electron chi connectivity index (χ4n) is 2.15. The molecule has 2 rings (SSSR count). The molecule has 1 aromatic rings. The number of hydrogen-bond donors (Lipinski definition) is 1. The Morgan fingerprint density at radius 3 is 2.78 bits per heavy atom. The third-order valence-electron chi connectivity index (χ3n) is 3.23. The highest BCUT2D eigenvalue weighted by atomic mass is 15.2. The second kappa shape index (κ2) is 6.19. The maximum atomic E-state index is 4.79. The van der Waals surface area contributed by atoms with Gasteiger partial charge in [0.1, 0.15) is 5.82 Å². The largest absolute Gasteiger partial charge is 0.354 e. The molecule has 1 N–H and O–H groups in total. The van der Waals surface area contributed by atoms with Crippen LogP contribution in [0.4, 0.5) is 5.82 Å². The van der Waals surface area contributed by atoms with Gasteiger partial charge in [0, 0.05) is 25.2 Å². The first-order valence-electron chi connectivity index (χ1n) is 7.16. The number of nitrogens with one attached hydrogen (secondary N) is 1. The van der Waals surface area contributed by atoms with E-state index in [2.05, 4.69) is 49.2 Å². The molecule has 0 unspecified atom stereocenters. The first-order valence-corrected chi connectivity index (χ1v) is 7.16. The minimum absolute atomic E-state index is 0.505. The molecule has 1 fully saturated rings. The molecule has 0 spiro atoms. The zero-order valence-electron chi connectivity index (χ0n) is 11.8. The highest BCUT2D eigenvalue weighted by Gasteiger charge is 2.29. The van der Waals surface area contributed by atoms with E-state index < -0.39 is 0 Å². The Labute approximate surface area is 111 Å². The average molecular weight is 247 g/mol. The lowest BCUT2D eigenvalue weighted by Crippen LogP contribution is -2.28. The van der Waals surface area contributed by atoms with Crippen LogP contribution in [-0.4, -0.2) is 23.6 Å². The van der Waals surface area contributed by atoms with Crippen molar-refractivity contribution in [3.8, 4) is 0 Å². The highest BCUT2D eigenvalue weighted by molar-refractivity contribution is 5.42. The molecule has 1 heterocycles. The highest BCUT2D eigenvalue weighted by Crippen LogP contribution is 2.30. The standard InChI is InChI=1S/C15H25N3/c1-4-10-18(14-8-9-14)15-7-5-6-13(17-15)11-16-12(2)3/h5-7,12,14,16H,4,8-11H2,1-3H3. The minimum Gasteiger partial charge on any atom is -0.354 e. The van der Waals surface area contributed by atoms with Gasteiger partial charge < -0.3 is 10.2 Å². The lowest BCUT2D eigenvalue weighted by Gasteiger charge is -2.23. The number of hydrogen-bond acceptors (Lipinski definition) is 3. The van der Waals surface area contributed by atoms with Gasteiger partial charge in [0.05, 0.1) is 5.69 Å². The minimum atomic E-state index is 0.505. The maximum absolute atomic E-state index is 4.79. The summed E-state index contributed by atoms with van der Waals surface area (Å²) in [5.41, 5.74) is 1.14. The van der Waals surface area contributed by atoms with Gasteiger partial charge in [-0.1, -0.05) is 26.8 Å². The average Bonchev–Trinajstić information content (AvgIpc) is 3.18. The Bertz CT molecular complexity index is 372. The molecule has 0 aliphatic heterocycles. The van der Waals surface area contributed by atoms with Crippen LogP contribution >= 0.6 is 0 Å². The van der Waals surface area contributed by atoms with Crippen LogP contribution in [0.1, 0.15) is 45.7 Å².